The molecule has 1 atom stereocenters. The number of aromatic nitrogens is 2. The molecule has 1 saturated heterocycles. The highest BCUT2D eigenvalue weighted by molar-refractivity contribution is 5.76. The molecule has 0 unspecified atom stereocenters. The summed E-state index contributed by atoms with van der Waals surface area (Å²) in [5.74, 6) is 0.680. The van der Waals surface area contributed by atoms with Crippen LogP contribution >= 0.6 is 0 Å². The molecule has 1 fully saturated rings. The molecule has 1 aliphatic rings. The predicted octanol–water partition coefficient (Wildman–Crippen LogP) is 4.04. The van der Waals surface area contributed by atoms with E-state index in [0.717, 1.165) is 54.3 Å². The van der Waals surface area contributed by atoms with E-state index in [0.29, 0.717) is 0 Å². The van der Waals surface area contributed by atoms with Gasteiger partial charge in [-0.2, -0.15) is 0 Å². The zero-order valence-electron chi connectivity index (χ0n) is 13.6. The number of benzene rings is 1. The van der Waals surface area contributed by atoms with Crippen LogP contribution in [0.1, 0.15) is 18.4 Å². The Hall–Kier alpha value is -2.40. The smallest absolute Gasteiger partial charge is 0.139 e. The summed E-state index contributed by atoms with van der Waals surface area (Å²) in [4.78, 5) is 4.76. The van der Waals surface area contributed by atoms with Gasteiger partial charge in [0.2, 0.25) is 0 Å². The maximum Gasteiger partial charge on any atom is 0.139 e. The zero-order valence-corrected chi connectivity index (χ0v) is 13.6. The van der Waals surface area contributed by atoms with Crippen molar-refractivity contribution < 1.29 is 9.13 Å². The quantitative estimate of drug-likeness (QED) is 0.787. The first-order valence-electron chi connectivity index (χ1n) is 8.31. The molecule has 0 radical (unpaired) electrons. The van der Waals surface area contributed by atoms with Crippen molar-refractivity contribution in [3.05, 3.63) is 54.0 Å². The number of ether oxygens (including phenoxy) is 1. The number of nitrogens with zero attached hydrogens (tertiary/aromatic N) is 2. The minimum Gasteiger partial charge on any atom is -0.376 e. The summed E-state index contributed by atoms with van der Waals surface area (Å²) in [7, 11) is 0. The van der Waals surface area contributed by atoms with Gasteiger partial charge in [0.05, 0.1) is 6.10 Å². The van der Waals surface area contributed by atoms with Crippen LogP contribution < -0.4 is 5.32 Å². The van der Waals surface area contributed by atoms with Crippen molar-refractivity contribution >= 4 is 11.5 Å². The predicted molar refractivity (Wildman–Crippen MR) is 92.8 cm³/mol. The Morgan fingerprint density at radius 3 is 2.88 bits per heavy atom. The largest absolute Gasteiger partial charge is 0.376 e. The fraction of sp³-hybridized carbons (Fsp3) is 0.316. The minimum atomic E-state index is -0.243. The molecule has 5 heteroatoms. The lowest BCUT2D eigenvalue weighted by Gasteiger charge is -2.13. The van der Waals surface area contributed by atoms with E-state index in [-0.39, 0.29) is 11.9 Å². The average Bonchev–Trinajstić information content (AvgIpc) is 3.20. The first kappa shape index (κ1) is 15.1. The van der Waals surface area contributed by atoms with E-state index in [2.05, 4.69) is 11.4 Å². The second-order valence-electron chi connectivity index (χ2n) is 6.26. The lowest BCUT2D eigenvalue weighted by Crippen LogP contribution is -2.19. The molecule has 0 bridgehead atoms. The second-order valence-corrected chi connectivity index (χ2v) is 6.26. The van der Waals surface area contributed by atoms with Gasteiger partial charge in [-0.1, -0.05) is 0 Å². The average molecular weight is 325 g/mol. The van der Waals surface area contributed by atoms with Gasteiger partial charge in [0, 0.05) is 24.9 Å². The van der Waals surface area contributed by atoms with Gasteiger partial charge in [0.25, 0.3) is 0 Å². The van der Waals surface area contributed by atoms with E-state index in [9.17, 15) is 4.39 Å². The summed E-state index contributed by atoms with van der Waals surface area (Å²) in [6.07, 6.45) is 4.45. The SMILES string of the molecule is Cc1ccn2c(NC[C@H]3CCCO3)c(-c3ccc(F)cc3)nc2c1. The molecule has 0 spiro atoms. The van der Waals surface area contributed by atoms with E-state index in [1.165, 1.54) is 12.1 Å². The number of halogens is 1. The van der Waals surface area contributed by atoms with Gasteiger partial charge in [0.15, 0.2) is 0 Å². The van der Waals surface area contributed by atoms with E-state index in [1.54, 1.807) is 12.1 Å². The number of nitrogens with one attached hydrogen (secondary N) is 1. The second kappa shape index (κ2) is 6.24. The van der Waals surface area contributed by atoms with E-state index >= 15 is 0 Å². The van der Waals surface area contributed by atoms with Gasteiger partial charge in [-0.3, -0.25) is 4.40 Å². The normalized spacial score (nSPS) is 17.5. The third-order valence-corrected chi connectivity index (χ3v) is 4.42. The molecule has 3 heterocycles. The van der Waals surface area contributed by atoms with Crippen LogP contribution in [-0.2, 0) is 4.74 Å². The molecule has 4 rings (SSSR count). The fourth-order valence-corrected chi connectivity index (χ4v) is 3.14. The van der Waals surface area contributed by atoms with E-state index in [4.69, 9.17) is 9.72 Å². The van der Waals surface area contributed by atoms with Crippen molar-refractivity contribution in [2.45, 2.75) is 25.9 Å². The monoisotopic (exact) mass is 325 g/mol. The van der Waals surface area contributed by atoms with Crippen molar-refractivity contribution in [3.63, 3.8) is 0 Å². The Labute approximate surface area is 140 Å². The Kier molecular flexibility index (Phi) is 3.94. The zero-order chi connectivity index (χ0) is 16.5. The molecule has 0 aliphatic carbocycles. The van der Waals surface area contributed by atoms with Crippen LogP contribution in [0.5, 0.6) is 0 Å². The van der Waals surface area contributed by atoms with E-state index < -0.39 is 0 Å². The third-order valence-electron chi connectivity index (χ3n) is 4.42. The summed E-state index contributed by atoms with van der Waals surface area (Å²) in [6.45, 7) is 3.63. The molecule has 0 saturated carbocycles. The Morgan fingerprint density at radius 2 is 2.12 bits per heavy atom. The Morgan fingerprint density at radius 1 is 1.29 bits per heavy atom. The summed E-state index contributed by atoms with van der Waals surface area (Å²) in [5.41, 5.74) is 3.76. The van der Waals surface area contributed by atoms with Crippen LogP contribution in [0.3, 0.4) is 0 Å². The van der Waals surface area contributed by atoms with Crippen LogP contribution in [-0.4, -0.2) is 28.6 Å². The van der Waals surface area contributed by atoms with E-state index in [1.807, 2.05) is 23.6 Å². The highest BCUT2D eigenvalue weighted by Gasteiger charge is 2.19. The summed E-state index contributed by atoms with van der Waals surface area (Å²) in [5, 5.41) is 3.49. The van der Waals surface area contributed by atoms with Gasteiger partial charge in [-0.05, 0) is 61.7 Å². The van der Waals surface area contributed by atoms with Crippen molar-refractivity contribution in [2.24, 2.45) is 0 Å². The lowest BCUT2D eigenvalue weighted by atomic mass is 10.1. The number of hydrogen-bond donors (Lipinski definition) is 1. The number of fused-ring (bicyclic) bond motifs is 1. The van der Waals surface area contributed by atoms with Gasteiger partial charge in [-0.15, -0.1) is 0 Å². The van der Waals surface area contributed by atoms with Crippen molar-refractivity contribution in [2.75, 3.05) is 18.5 Å². The van der Waals surface area contributed by atoms with Gasteiger partial charge >= 0.3 is 0 Å². The van der Waals surface area contributed by atoms with Crippen molar-refractivity contribution in [3.8, 4) is 11.3 Å². The Balaban J connectivity index is 1.75. The first-order chi connectivity index (χ1) is 11.7. The summed E-state index contributed by atoms with van der Waals surface area (Å²) in [6, 6.07) is 10.6. The van der Waals surface area contributed by atoms with Gasteiger partial charge in [-0.25, -0.2) is 9.37 Å². The molecule has 3 aromatic rings. The molecule has 124 valence electrons. The van der Waals surface area contributed by atoms with Crippen LogP contribution in [0.4, 0.5) is 10.2 Å². The third kappa shape index (κ3) is 2.87. The first-order valence-corrected chi connectivity index (χ1v) is 8.31. The molecule has 1 aliphatic heterocycles. The lowest BCUT2D eigenvalue weighted by molar-refractivity contribution is 0.120. The number of anilines is 1. The number of hydrogen-bond acceptors (Lipinski definition) is 3. The highest BCUT2D eigenvalue weighted by Crippen LogP contribution is 2.29. The highest BCUT2D eigenvalue weighted by atomic mass is 19.1. The van der Waals surface area contributed by atoms with Crippen LogP contribution in [0, 0.1) is 12.7 Å². The van der Waals surface area contributed by atoms with Crippen molar-refractivity contribution in [1.29, 1.82) is 0 Å². The van der Waals surface area contributed by atoms with Gasteiger partial charge < -0.3 is 10.1 Å². The molecular weight excluding hydrogens is 305 g/mol. The standard InChI is InChI=1S/C19H20FN3O/c1-13-8-9-23-17(11-13)22-18(14-4-6-15(20)7-5-14)19(23)21-12-16-3-2-10-24-16/h4-9,11,16,21H,2-3,10,12H2,1H3/t16-/m1/s1. The molecule has 24 heavy (non-hydrogen) atoms. The summed E-state index contributed by atoms with van der Waals surface area (Å²) < 4.78 is 21.0. The number of imidazole rings is 1. The molecule has 2 aromatic heterocycles. The molecule has 1 N–H and O–H groups in total. The number of pyridine rings is 1. The summed E-state index contributed by atoms with van der Waals surface area (Å²) >= 11 is 0. The fourth-order valence-electron chi connectivity index (χ4n) is 3.14. The maximum atomic E-state index is 13.3. The van der Waals surface area contributed by atoms with Crippen LogP contribution in [0.25, 0.3) is 16.9 Å². The van der Waals surface area contributed by atoms with Crippen molar-refractivity contribution in [1.82, 2.24) is 9.38 Å². The maximum absolute atomic E-state index is 13.3. The molecule has 0 amide bonds. The van der Waals surface area contributed by atoms with Crippen LogP contribution in [0.15, 0.2) is 42.6 Å². The molecule has 1 aromatic carbocycles. The topological polar surface area (TPSA) is 38.6 Å². The number of rotatable bonds is 4. The number of aryl methyl sites for hydroxylation is 1. The van der Waals surface area contributed by atoms with Crippen LogP contribution in [0.2, 0.25) is 0 Å². The minimum absolute atomic E-state index is 0.238. The molecule has 4 nitrogen and oxygen atoms in total. The van der Waals surface area contributed by atoms with Gasteiger partial charge in [0.1, 0.15) is 23.0 Å². The Bertz CT molecular complexity index is 851. The molecular formula is C19H20FN3O.